The molecule has 0 amide bonds. The van der Waals surface area contributed by atoms with Gasteiger partial charge in [0, 0.05) is 27.2 Å². The first kappa shape index (κ1) is 17.7. The number of carbonyl (C=O) groups excluding carboxylic acids is 1. The molecule has 0 fully saturated rings. The normalized spacial score (nSPS) is 11.8. The SMILES string of the molecule is O=C(C[C@H](Nc1ccccc1)c1ccc(Br)cc1)c1ccc(Cl)cc1. The summed E-state index contributed by atoms with van der Waals surface area (Å²) in [6.45, 7) is 0. The number of nitrogens with one attached hydrogen (secondary N) is 1. The van der Waals surface area contributed by atoms with Crippen molar-refractivity contribution in [2.75, 3.05) is 5.32 Å². The third-order valence-electron chi connectivity index (χ3n) is 3.94. The van der Waals surface area contributed by atoms with Crippen LogP contribution in [0.15, 0.2) is 83.3 Å². The summed E-state index contributed by atoms with van der Waals surface area (Å²) in [5, 5.41) is 4.09. The van der Waals surface area contributed by atoms with Crippen LogP contribution in [0.25, 0.3) is 0 Å². The number of anilines is 1. The van der Waals surface area contributed by atoms with E-state index >= 15 is 0 Å². The predicted octanol–water partition coefficient (Wildman–Crippen LogP) is 6.53. The van der Waals surface area contributed by atoms with Gasteiger partial charge in [-0.05, 0) is 54.1 Å². The topological polar surface area (TPSA) is 29.1 Å². The van der Waals surface area contributed by atoms with Crippen LogP contribution in [0.4, 0.5) is 5.69 Å². The molecule has 0 aliphatic carbocycles. The number of para-hydroxylation sites is 1. The highest BCUT2D eigenvalue weighted by Gasteiger charge is 2.17. The molecule has 0 aliphatic rings. The number of hydrogen-bond donors (Lipinski definition) is 1. The van der Waals surface area contributed by atoms with E-state index in [1.807, 2.05) is 54.6 Å². The van der Waals surface area contributed by atoms with E-state index < -0.39 is 0 Å². The zero-order chi connectivity index (χ0) is 17.6. The van der Waals surface area contributed by atoms with Gasteiger partial charge in [-0.3, -0.25) is 4.79 Å². The Bertz CT molecular complexity index is 832. The molecule has 0 radical (unpaired) electrons. The molecule has 1 N–H and O–H groups in total. The van der Waals surface area contributed by atoms with Gasteiger partial charge in [0.2, 0.25) is 0 Å². The predicted molar refractivity (Wildman–Crippen MR) is 107 cm³/mol. The molecule has 0 aromatic heterocycles. The van der Waals surface area contributed by atoms with E-state index in [9.17, 15) is 4.79 Å². The third-order valence-corrected chi connectivity index (χ3v) is 4.72. The highest BCUT2D eigenvalue weighted by Crippen LogP contribution is 2.26. The van der Waals surface area contributed by atoms with Gasteiger partial charge in [0.1, 0.15) is 0 Å². The molecular weight excluding hydrogens is 398 g/mol. The second kappa shape index (κ2) is 8.32. The van der Waals surface area contributed by atoms with Crippen molar-refractivity contribution in [1.82, 2.24) is 0 Å². The first-order valence-corrected chi connectivity index (χ1v) is 9.15. The second-order valence-electron chi connectivity index (χ2n) is 5.75. The van der Waals surface area contributed by atoms with Crippen molar-refractivity contribution in [3.8, 4) is 0 Å². The summed E-state index contributed by atoms with van der Waals surface area (Å²) in [6.07, 6.45) is 0.359. The van der Waals surface area contributed by atoms with Crippen molar-refractivity contribution < 1.29 is 4.79 Å². The van der Waals surface area contributed by atoms with Crippen molar-refractivity contribution in [2.24, 2.45) is 0 Å². The summed E-state index contributed by atoms with van der Waals surface area (Å²) in [4.78, 5) is 12.7. The Hall–Kier alpha value is -2.10. The molecule has 0 heterocycles. The van der Waals surface area contributed by atoms with E-state index in [4.69, 9.17) is 11.6 Å². The first-order valence-electron chi connectivity index (χ1n) is 7.97. The van der Waals surface area contributed by atoms with Gasteiger partial charge in [0.15, 0.2) is 5.78 Å². The fourth-order valence-electron chi connectivity index (χ4n) is 2.62. The Morgan fingerprint density at radius 1 is 0.920 bits per heavy atom. The average molecular weight is 415 g/mol. The average Bonchev–Trinajstić information content (AvgIpc) is 2.63. The fourth-order valence-corrected chi connectivity index (χ4v) is 3.01. The van der Waals surface area contributed by atoms with Crippen molar-refractivity contribution in [2.45, 2.75) is 12.5 Å². The van der Waals surface area contributed by atoms with E-state index in [-0.39, 0.29) is 11.8 Å². The van der Waals surface area contributed by atoms with Crippen LogP contribution in [0, 0.1) is 0 Å². The van der Waals surface area contributed by atoms with Crippen LogP contribution in [0.5, 0.6) is 0 Å². The quantitative estimate of drug-likeness (QED) is 0.465. The highest BCUT2D eigenvalue weighted by molar-refractivity contribution is 9.10. The third kappa shape index (κ3) is 4.94. The maximum atomic E-state index is 12.7. The van der Waals surface area contributed by atoms with Gasteiger partial charge in [-0.2, -0.15) is 0 Å². The molecular formula is C21H17BrClNO. The van der Waals surface area contributed by atoms with E-state index in [0.717, 1.165) is 15.7 Å². The second-order valence-corrected chi connectivity index (χ2v) is 7.10. The molecule has 0 unspecified atom stereocenters. The number of carbonyl (C=O) groups is 1. The first-order chi connectivity index (χ1) is 12.1. The minimum atomic E-state index is -0.112. The Labute approximate surface area is 161 Å². The molecule has 4 heteroatoms. The molecule has 3 aromatic carbocycles. The molecule has 2 nitrogen and oxygen atoms in total. The van der Waals surface area contributed by atoms with E-state index in [2.05, 4.69) is 21.2 Å². The summed E-state index contributed by atoms with van der Waals surface area (Å²) in [6, 6.07) is 24.9. The molecule has 0 saturated heterocycles. The van der Waals surface area contributed by atoms with Crippen molar-refractivity contribution in [1.29, 1.82) is 0 Å². The number of benzene rings is 3. The molecule has 25 heavy (non-hydrogen) atoms. The zero-order valence-electron chi connectivity index (χ0n) is 13.5. The van der Waals surface area contributed by atoms with Gasteiger partial charge in [-0.1, -0.05) is 57.9 Å². The van der Waals surface area contributed by atoms with Gasteiger partial charge < -0.3 is 5.32 Å². The summed E-state index contributed by atoms with van der Waals surface area (Å²) in [5.74, 6) is 0.0769. The summed E-state index contributed by atoms with van der Waals surface area (Å²) in [7, 11) is 0. The molecule has 3 aromatic rings. The van der Waals surface area contributed by atoms with Gasteiger partial charge in [-0.25, -0.2) is 0 Å². The van der Waals surface area contributed by atoms with Crippen molar-refractivity contribution in [3.05, 3.63) is 99.5 Å². The summed E-state index contributed by atoms with van der Waals surface area (Å²) in [5.41, 5.74) is 2.72. The van der Waals surface area contributed by atoms with E-state index in [1.165, 1.54) is 0 Å². The maximum absolute atomic E-state index is 12.7. The van der Waals surface area contributed by atoms with Gasteiger partial charge in [-0.15, -0.1) is 0 Å². The Kier molecular flexibility index (Phi) is 5.90. The zero-order valence-corrected chi connectivity index (χ0v) is 15.8. The number of Topliss-reactive ketones (excluding diaryl/α,β-unsaturated/α-hetero) is 1. The lowest BCUT2D eigenvalue weighted by atomic mass is 9.97. The fraction of sp³-hybridized carbons (Fsp3) is 0.0952. The van der Waals surface area contributed by atoms with E-state index in [1.54, 1.807) is 24.3 Å². The van der Waals surface area contributed by atoms with Gasteiger partial charge in [0.05, 0.1) is 6.04 Å². The van der Waals surface area contributed by atoms with Crippen LogP contribution in [-0.4, -0.2) is 5.78 Å². The van der Waals surface area contributed by atoms with E-state index in [0.29, 0.717) is 17.0 Å². The standard InChI is InChI=1S/C21H17BrClNO/c22-17-10-6-15(7-11-17)20(24-19-4-2-1-3-5-19)14-21(25)16-8-12-18(23)13-9-16/h1-13,20,24H,14H2/t20-/m0/s1. The molecule has 0 spiro atoms. The van der Waals surface area contributed by atoms with Crippen LogP contribution in [-0.2, 0) is 0 Å². The monoisotopic (exact) mass is 413 g/mol. The molecule has 0 aliphatic heterocycles. The molecule has 1 atom stereocenters. The smallest absolute Gasteiger partial charge is 0.165 e. The van der Waals surface area contributed by atoms with Crippen LogP contribution < -0.4 is 5.32 Å². The molecule has 0 bridgehead atoms. The largest absolute Gasteiger partial charge is 0.378 e. The van der Waals surface area contributed by atoms with Gasteiger partial charge in [0.25, 0.3) is 0 Å². The lowest BCUT2D eigenvalue weighted by molar-refractivity contribution is 0.0976. The minimum absolute atomic E-state index is 0.0769. The Morgan fingerprint density at radius 3 is 2.20 bits per heavy atom. The highest BCUT2D eigenvalue weighted by atomic mass is 79.9. The molecule has 3 rings (SSSR count). The summed E-state index contributed by atoms with van der Waals surface area (Å²) >= 11 is 9.37. The Balaban J connectivity index is 1.83. The molecule has 126 valence electrons. The Morgan fingerprint density at radius 2 is 1.56 bits per heavy atom. The number of rotatable bonds is 6. The van der Waals surface area contributed by atoms with Crippen LogP contribution >= 0.6 is 27.5 Å². The van der Waals surface area contributed by atoms with Crippen LogP contribution in [0.3, 0.4) is 0 Å². The summed E-state index contributed by atoms with van der Waals surface area (Å²) < 4.78 is 1.01. The molecule has 0 saturated carbocycles. The van der Waals surface area contributed by atoms with Crippen LogP contribution in [0.2, 0.25) is 5.02 Å². The lowest BCUT2D eigenvalue weighted by Gasteiger charge is -2.20. The van der Waals surface area contributed by atoms with Crippen molar-refractivity contribution in [3.63, 3.8) is 0 Å². The lowest BCUT2D eigenvalue weighted by Crippen LogP contribution is -2.15. The number of ketones is 1. The van der Waals surface area contributed by atoms with Crippen molar-refractivity contribution >= 4 is 39.0 Å². The number of halogens is 2. The van der Waals surface area contributed by atoms with Crippen LogP contribution in [0.1, 0.15) is 28.4 Å². The number of hydrogen-bond acceptors (Lipinski definition) is 2. The van der Waals surface area contributed by atoms with Gasteiger partial charge >= 0.3 is 0 Å². The maximum Gasteiger partial charge on any atom is 0.165 e. The minimum Gasteiger partial charge on any atom is -0.378 e.